The van der Waals surface area contributed by atoms with E-state index in [0.717, 1.165) is 0 Å². The van der Waals surface area contributed by atoms with Gasteiger partial charge in [-0.05, 0) is 18.6 Å². The maximum Gasteiger partial charge on any atom is 0.257 e. The molecule has 98 valence electrons. The third-order valence-corrected chi connectivity index (χ3v) is 2.65. The predicted octanol–water partition coefficient (Wildman–Crippen LogP) is 0.909. The largest absolute Gasteiger partial charge is 0.507 e. The number of amidine groups is 1. The molecule has 6 nitrogen and oxygen atoms in total. The van der Waals surface area contributed by atoms with Gasteiger partial charge in [0.05, 0.1) is 5.56 Å². The fraction of sp³-hybridized carbons (Fsp3) is 0.333. The Hall–Kier alpha value is -2.24. The zero-order chi connectivity index (χ0) is 13.7. The van der Waals surface area contributed by atoms with Gasteiger partial charge in [-0.25, -0.2) is 0 Å². The number of aryl methyl sites for hydroxylation is 1. The number of phenols is 1. The van der Waals surface area contributed by atoms with Gasteiger partial charge in [-0.2, -0.15) is 0 Å². The number of hydrogen-bond donors (Lipinski definition) is 3. The summed E-state index contributed by atoms with van der Waals surface area (Å²) in [4.78, 5) is 13.5. The van der Waals surface area contributed by atoms with Crippen molar-refractivity contribution in [2.75, 3.05) is 13.6 Å². The van der Waals surface area contributed by atoms with Crippen LogP contribution in [0.5, 0.6) is 5.75 Å². The molecule has 4 N–H and O–H groups in total. The van der Waals surface area contributed by atoms with Crippen LogP contribution in [0, 0.1) is 6.92 Å². The summed E-state index contributed by atoms with van der Waals surface area (Å²) in [5.41, 5.74) is 6.22. The molecule has 0 aliphatic carbocycles. The molecule has 0 unspecified atom stereocenters. The second kappa shape index (κ2) is 5.90. The van der Waals surface area contributed by atoms with E-state index in [1.165, 1.54) is 4.90 Å². The number of benzene rings is 1. The van der Waals surface area contributed by atoms with Crippen LogP contribution in [0.25, 0.3) is 0 Å². The first kappa shape index (κ1) is 13.8. The van der Waals surface area contributed by atoms with Crippen LogP contribution in [-0.2, 0) is 0 Å². The molecule has 1 amide bonds. The Morgan fingerprint density at radius 2 is 2.17 bits per heavy atom. The van der Waals surface area contributed by atoms with Crippen LogP contribution in [0.1, 0.15) is 22.3 Å². The quantitative estimate of drug-likeness (QED) is 0.320. The second-order valence-corrected chi connectivity index (χ2v) is 4.04. The van der Waals surface area contributed by atoms with Crippen molar-refractivity contribution in [1.82, 2.24) is 4.90 Å². The first-order valence-corrected chi connectivity index (χ1v) is 5.47. The van der Waals surface area contributed by atoms with Gasteiger partial charge in [-0.3, -0.25) is 4.79 Å². The van der Waals surface area contributed by atoms with Gasteiger partial charge in [-0.1, -0.05) is 17.3 Å². The minimum atomic E-state index is -0.304. The highest BCUT2D eigenvalue weighted by molar-refractivity contribution is 5.97. The standard InChI is InChI=1S/C12H17N3O3/c1-8-4-3-5-9(11(8)16)12(17)15(2)7-6-10(13)14-18/h3-5,16,18H,6-7H2,1-2H3,(H2,13,14). The summed E-state index contributed by atoms with van der Waals surface area (Å²) >= 11 is 0. The number of nitrogens with zero attached hydrogens (tertiary/aromatic N) is 2. The number of carbonyl (C=O) groups is 1. The maximum absolute atomic E-state index is 12.0. The first-order chi connectivity index (χ1) is 8.47. The molecule has 0 radical (unpaired) electrons. The van der Waals surface area contributed by atoms with Crippen molar-refractivity contribution in [2.24, 2.45) is 10.9 Å². The highest BCUT2D eigenvalue weighted by Gasteiger charge is 2.16. The number of nitrogens with two attached hydrogens (primary N) is 1. The molecular formula is C12H17N3O3. The molecule has 0 spiro atoms. The number of hydrogen-bond acceptors (Lipinski definition) is 4. The van der Waals surface area contributed by atoms with E-state index in [9.17, 15) is 9.90 Å². The summed E-state index contributed by atoms with van der Waals surface area (Å²) < 4.78 is 0. The number of para-hydroxylation sites is 1. The fourth-order valence-electron chi connectivity index (χ4n) is 1.47. The number of amides is 1. The molecule has 0 aromatic heterocycles. The number of carbonyl (C=O) groups excluding carboxylic acids is 1. The summed E-state index contributed by atoms with van der Waals surface area (Å²) in [7, 11) is 1.59. The van der Waals surface area contributed by atoms with E-state index < -0.39 is 0 Å². The molecule has 0 heterocycles. The molecule has 0 fully saturated rings. The van der Waals surface area contributed by atoms with Gasteiger partial charge in [-0.15, -0.1) is 0 Å². The minimum Gasteiger partial charge on any atom is -0.507 e. The van der Waals surface area contributed by atoms with Crippen molar-refractivity contribution >= 4 is 11.7 Å². The summed E-state index contributed by atoms with van der Waals surface area (Å²) in [5, 5.41) is 21.0. The Labute approximate surface area is 105 Å². The van der Waals surface area contributed by atoms with E-state index in [1.54, 1.807) is 32.2 Å². The van der Waals surface area contributed by atoms with E-state index in [1.807, 2.05) is 0 Å². The molecule has 1 aromatic rings. The van der Waals surface area contributed by atoms with E-state index >= 15 is 0 Å². The van der Waals surface area contributed by atoms with Crippen LogP contribution in [0.15, 0.2) is 23.4 Å². The van der Waals surface area contributed by atoms with Crippen LogP contribution in [0.2, 0.25) is 0 Å². The van der Waals surface area contributed by atoms with Crippen LogP contribution < -0.4 is 5.73 Å². The number of rotatable bonds is 4. The molecule has 1 aromatic carbocycles. The van der Waals surface area contributed by atoms with E-state index in [-0.39, 0.29) is 29.5 Å². The normalized spacial score (nSPS) is 11.3. The van der Waals surface area contributed by atoms with Crippen molar-refractivity contribution in [3.8, 4) is 5.75 Å². The number of phenolic OH excluding ortho intramolecular Hbond substituents is 1. The van der Waals surface area contributed by atoms with Crippen LogP contribution in [0.4, 0.5) is 0 Å². The maximum atomic E-state index is 12.0. The highest BCUT2D eigenvalue weighted by atomic mass is 16.4. The van der Waals surface area contributed by atoms with Gasteiger partial charge in [0.1, 0.15) is 11.6 Å². The summed E-state index contributed by atoms with van der Waals surface area (Å²) in [6.45, 7) is 2.03. The molecule has 18 heavy (non-hydrogen) atoms. The first-order valence-electron chi connectivity index (χ1n) is 5.47. The van der Waals surface area contributed by atoms with Gasteiger partial charge >= 0.3 is 0 Å². The topological polar surface area (TPSA) is 99.2 Å². The van der Waals surface area contributed by atoms with E-state index in [0.29, 0.717) is 12.1 Å². The van der Waals surface area contributed by atoms with Gasteiger partial charge in [0.25, 0.3) is 5.91 Å². The van der Waals surface area contributed by atoms with Crippen LogP contribution in [-0.4, -0.2) is 40.5 Å². The average molecular weight is 251 g/mol. The van der Waals surface area contributed by atoms with Gasteiger partial charge in [0.15, 0.2) is 0 Å². The van der Waals surface area contributed by atoms with Crippen molar-refractivity contribution in [2.45, 2.75) is 13.3 Å². The number of aromatic hydroxyl groups is 1. The van der Waals surface area contributed by atoms with Gasteiger partial charge in [0.2, 0.25) is 0 Å². The summed E-state index contributed by atoms with van der Waals surface area (Å²) in [5.74, 6) is -0.261. The fourth-order valence-corrected chi connectivity index (χ4v) is 1.47. The van der Waals surface area contributed by atoms with Crippen molar-refractivity contribution in [3.05, 3.63) is 29.3 Å². The summed E-state index contributed by atoms with van der Waals surface area (Å²) in [6, 6.07) is 4.99. The monoisotopic (exact) mass is 251 g/mol. The SMILES string of the molecule is Cc1cccc(C(=O)N(C)CC/C(N)=N/O)c1O. The van der Waals surface area contributed by atoms with Crippen molar-refractivity contribution < 1.29 is 15.1 Å². The molecule has 0 aliphatic rings. The highest BCUT2D eigenvalue weighted by Crippen LogP contribution is 2.22. The van der Waals surface area contributed by atoms with Crippen molar-refractivity contribution in [1.29, 1.82) is 0 Å². The smallest absolute Gasteiger partial charge is 0.257 e. The Bertz CT molecular complexity index is 472. The molecule has 1 rings (SSSR count). The van der Waals surface area contributed by atoms with Gasteiger partial charge < -0.3 is 20.9 Å². The molecule has 0 saturated carbocycles. The average Bonchev–Trinajstić information content (AvgIpc) is 2.37. The van der Waals surface area contributed by atoms with Gasteiger partial charge in [0, 0.05) is 20.0 Å². The minimum absolute atomic E-state index is 0.0156. The molecule has 0 bridgehead atoms. The van der Waals surface area contributed by atoms with Crippen LogP contribution in [0.3, 0.4) is 0 Å². The van der Waals surface area contributed by atoms with E-state index in [2.05, 4.69) is 5.16 Å². The zero-order valence-electron chi connectivity index (χ0n) is 10.4. The Morgan fingerprint density at radius 1 is 1.50 bits per heavy atom. The van der Waals surface area contributed by atoms with E-state index in [4.69, 9.17) is 10.9 Å². The Balaban J connectivity index is 2.78. The Morgan fingerprint density at radius 3 is 2.78 bits per heavy atom. The third-order valence-electron chi connectivity index (χ3n) is 2.65. The zero-order valence-corrected chi connectivity index (χ0v) is 10.4. The van der Waals surface area contributed by atoms with Crippen LogP contribution >= 0.6 is 0 Å². The molecule has 6 heteroatoms. The molecular weight excluding hydrogens is 234 g/mol. The predicted molar refractivity (Wildman–Crippen MR) is 67.8 cm³/mol. The second-order valence-electron chi connectivity index (χ2n) is 4.04. The van der Waals surface area contributed by atoms with Crippen molar-refractivity contribution in [3.63, 3.8) is 0 Å². The molecule has 0 atom stereocenters. The lowest BCUT2D eigenvalue weighted by molar-refractivity contribution is 0.0795. The molecule has 0 saturated heterocycles. The lowest BCUT2D eigenvalue weighted by Gasteiger charge is -2.17. The third kappa shape index (κ3) is 3.13. The lowest BCUT2D eigenvalue weighted by Crippen LogP contribution is -2.30. The molecule has 0 aliphatic heterocycles. The summed E-state index contributed by atoms with van der Waals surface area (Å²) in [6.07, 6.45) is 0.269. The number of oxime groups is 1. The lowest BCUT2D eigenvalue weighted by atomic mass is 10.1. The Kier molecular flexibility index (Phi) is 4.53.